The van der Waals surface area contributed by atoms with Crippen LogP contribution in [0.4, 0.5) is 5.82 Å². The highest BCUT2D eigenvalue weighted by molar-refractivity contribution is 7.18. The molecule has 0 bridgehead atoms. The molecule has 0 fully saturated rings. The number of pyridine rings is 3. The van der Waals surface area contributed by atoms with Gasteiger partial charge in [-0.2, -0.15) is 0 Å². The van der Waals surface area contributed by atoms with Crippen LogP contribution in [0.1, 0.15) is 10.4 Å². The van der Waals surface area contributed by atoms with Gasteiger partial charge in [0.05, 0.1) is 22.9 Å². The van der Waals surface area contributed by atoms with E-state index in [0.717, 1.165) is 10.1 Å². The topological polar surface area (TPSA) is 72.7 Å². The molecular formula is C24H17N3O3S. The largest absolute Gasteiger partial charge is 0.497 e. The first-order valence-electron chi connectivity index (χ1n) is 9.58. The van der Waals surface area contributed by atoms with Gasteiger partial charge in [-0.05, 0) is 58.8 Å². The summed E-state index contributed by atoms with van der Waals surface area (Å²) >= 11 is 1.50. The average molecular weight is 427 g/mol. The smallest absolute Gasteiger partial charge is 0.263 e. The summed E-state index contributed by atoms with van der Waals surface area (Å²) < 4.78 is 7.73. The first-order valence-corrected chi connectivity index (χ1v) is 10.5. The first kappa shape index (κ1) is 19.0. The predicted octanol–water partition coefficient (Wildman–Crippen LogP) is 4.84. The van der Waals surface area contributed by atoms with E-state index in [2.05, 4.69) is 10.3 Å². The van der Waals surface area contributed by atoms with E-state index in [-0.39, 0.29) is 11.5 Å². The first-order chi connectivity index (χ1) is 15.2. The summed E-state index contributed by atoms with van der Waals surface area (Å²) in [6.07, 6.45) is 3.33. The lowest BCUT2D eigenvalue weighted by Crippen LogP contribution is -2.21. The number of carbonyl (C=O) groups excluding carboxylic acids is 1. The molecule has 1 aromatic carbocycles. The van der Waals surface area contributed by atoms with E-state index in [1.165, 1.54) is 11.3 Å². The van der Waals surface area contributed by atoms with Gasteiger partial charge in [0.1, 0.15) is 11.6 Å². The number of nitrogens with one attached hydrogen (secondary N) is 1. The van der Waals surface area contributed by atoms with Crippen LogP contribution in [-0.2, 0) is 0 Å². The van der Waals surface area contributed by atoms with Crippen molar-refractivity contribution in [1.29, 1.82) is 0 Å². The molecule has 6 nitrogen and oxygen atoms in total. The maximum Gasteiger partial charge on any atom is 0.263 e. The number of nitrogens with zero attached hydrogens (tertiary/aromatic N) is 2. The van der Waals surface area contributed by atoms with Crippen LogP contribution >= 0.6 is 11.3 Å². The molecule has 4 heterocycles. The molecule has 1 N–H and O–H groups in total. The molecule has 0 atom stereocenters. The Hall–Kier alpha value is -3.97. The third kappa shape index (κ3) is 3.35. The van der Waals surface area contributed by atoms with E-state index in [1.54, 1.807) is 54.2 Å². The lowest BCUT2D eigenvalue weighted by atomic mass is 10.0. The molecule has 0 aliphatic rings. The van der Waals surface area contributed by atoms with Crippen LogP contribution in [0, 0.1) is 0 Å². The number of thiophene rings is 1. The molecule has 5 aromatic rings. The Kier molecular flexibility index (Phi) is 4.72. The van der Waals surface area contributed by atoms with Crippen molar-refractivity contribution in [2.45, 2.75) is 0 Å². The summed E-state index contributed by atoms with van der Waals surface area (Å²) in [6.45, 7) is 0. The van der Waals surface area contributed by atoms with Gasteiger partial charge in [0.25, 0.3) is 11.5 Å². The highest BCUT2D eigenvalue weighted by Gasteiger charge is 2.19. The number of hydrogen-bond acceptors (Lipinski definition) is 5. The summed E-state index contributed by atoms with van der Waals surface area (Å²) in [5.74, 6) is 0.745. The molecule has 7 heteroatoms. The number of fused-ring (bicyclic) bond motifs is 3. The Bertz CT molecular complexity index is 1490. The van der Waals surface area contributed by atoms with Gasteiger partial charge in [-0.1, -0.05) is 18.2 Å². The Morgan fingerprint density at radius 3 is 2.81 bits per heavy atom. The number of rotatable bonds is 4. The normalized spacial score (nSPS) is 11.0. The third-order valence-electron chi connectivity index (χ3n) is 5.08. The van der Waals surface area contributed by atoms with E-state index in [4.69, 9.17) is 4.74 Å². The highest BCUT2D eigenvalue weighted by Crippen LogP contribution is 2.30. The molecule has 31 heavy (non-hydrogen) atoms. The summed E-state index contributed by atoms with van der Waals surface area (Å²) in [6, 6.07) is 18.1. The molecule has 0 aliphatic heterocycles. The molecule has 0 spiro atoms. The second-order valence-corrected chi connectivity index (χ2v) is 7.83. The zero-order valence-electron chi connectivity index (χ0n) is 16.5. The molecule has 0 saturated carbocycles. The second-order valence-electron chi connectivity index (χ2n) is 6.92. The molecule has 0 aliphatic carbocycles. The molecule has 4 aromatic heterocycles. The van der Waals surface area contributed by atoms with Crippen LogP contribution in [0.3, 0.4) is 0 Å². The van der Waals surface area contributed by atoms with Gasteiger partial charge in [0, 0.05) is 18.0 Å². The van der Waals surface area contributed by atoms with E-state index in [9.17, 15) is 9.59 Å². The average Bonchev–Trinajstić information content (AvgIpc) is 3.29. The number of hydrogen-bond donors (Lipinski definition) is 1. The van der Waals surface area contributed by atoms with Crippen molar-refractivity contribution in [3.63, 3.8) is 0 Å². The minimum atomic E-state index is -0.332. The molecule has 0 saturated heterocycles. The van der Waals surface area contributed by atoms with Crippen molar-refractivity contribution in [3.05, 3.63) is 94.4 Å². The molecular weight excluding hydrogens is 410 g/mol. The lowest BCUT2D eigenvalue weighted by Gasteiger charge is -2.13. The maximum atomic E-state index is 13.4. The molecule has 0 unspecified atom stereocenters. The number of aromatic nitrogens is 2. The Morgan fingerprint density at radius 1 is 1.10 bits per heavy atom. The van der Waals surface area contributed by atoms with Crippen molar-refractivity contribution in [2.75, 3.05) is 12.4 Å². The van der Waals surface area contributed by atoms with Crippen molar-refractivity contribution < 1.29 is 9.53 Å². The van der Waals surface area contributed by atoms with Crippen molar-refractivity contribution >= 4 is 38.7 Å². The van der Waals surface area contributed by atoms with Gasteiger partial charge in [0.15, 0.2) is 0 Å². The predicted molar refractivity (Wildman–Crippen MR) is 123 cm³/mol. The standard InChI is InChI=1S/C24H17N3O3S/c1-30-17-6-4-5-16(13-17)18-14-19(23(28)26-20-7-2-3-10-25-20)21-22-15(9-12-31-22)8-11-27(21)24(18)29/h2-14H,1H3,(H,25,26,28). The van der Waals surface area contributed by atoms with Gasteiger partial charge in [-0.3, -0.25) is 14.0 Å². The van der Waals surface area contributed by atoms with Crippen LogP contribution in [0.15, 0.2) is 83.2 Å². The number of amides is 1. The summed E-state index contributed by atoms with van der Waals surface area (Å²) in [4.78, 5) is 30.9. The molecule has 152 valence electrons. The van der Waals surface area contributed by atoms with E-state index >= 15 is 0 Å². The highest BCUT2D eigenvalue weighted by atomic mass is 32.1. The van der Waals surface area contributed by atoms with Crippen LogP contribution < -0.4 is 15.6 Å². The minimum Gasteiger partial charge on any atom is -0.497 e. The summed E-state index contributed by atoms with van der Waals surface area (Å²) in [7, 11) is 1.58. The molecule has 5 rings (SSSR count). The quantitative estimate of drug-likeness (QED) is 0.446. The van der Waals surface area contributed by atoms with E-state index in [1.807, 2.05) is 35.7 Å². The summed E-state index contributed by atoms with van der Waals surface area (Å²) in [5.41, 5.74) is 1.87. The Morgan fingerprint density at radius 2 is 2.00 bits per heavy atom. The number of ether oxygens (including phenoxy) is 1. The van der Waals surface area contributed by atoms with Gasteiger partial charge in [0.2, 0.25) is 0 Å². The minimum absolute atomic E-state index is 0.201. The van der Waals surface area contributed by atoms with E-state index in [0.29, 0.717) is 33.8 Å². The molecule has 0 radical (unpaired) electrons. The van der Waals surface area contributed by atoms with Crippen molar-refractivity contribution in [3.8, 4) is 16.9 Å². The van der Waals surface area contributed by atoms with Gasteiger partial charge in [-0.25, -0.2) is 4.98 Å². The number of methoxy groups -OCH3 is 1. The second kappa shape index (κ2) is 7.70. The number of anilines is 1. The number of carbonyl (C=O) groups is 1. The van der Waals surface area contributed by atoms with Crippen molar-refractivity contribution in [1.82, 2.24) is 9.38 Å². The summed E-state index contributed by atoms with van der Waals surface area (Å²) in [5, 5.41) is 5.77. The van der Waals surface area contributed by atoms with Crippen LogP contribution in [0.25, 0.3) is 26.7 Å². The van der Waals surface area contributed by atoms with Gasteiger partial charge in [-0.15, -0.1) is 11.3 Å². The molecule has 1 amide bonds. The third-order valence-corrected chi connectivity index (χ3v) is 6.02. The van der Waals surface area contributed by atoms with Gasteiger partial charge < -0.3 is 10.1 Å². The maximum absolute atomic E-state index is 13.4. The van der Waals surface area contributed by atoms with Crippen molar-refractivity contribution in [2.24, 2.45) is 0 Å². The monoisotopic (exact) mass is 427 g/mol. The fraction of sp³-hybridized carbons (Fsp3) is 0.0417. The zero-order valence-corrected chi connectivity index (χ0v) is 17.3. The SMILES string of the molecule is COc1cccc(-c2cc(C(=O)Nc3ccccn3)c3c4sccc4ccn3c2=O)c1. The van der Waals surface area contributed by atoms with Gasteiger partial charge >= 0.3 is 0 Å². The fourth-order valence-electron chi connectivity index (χ4n) is 3.60. The van der Waals surface area contributed by atoms with E-state index < -0.39 is 0 Å². The Labute approximate surface area is 181 Å². The van der Waals surface area contributed by atoms with Crippen LogP contribution in [-0.4, -0.2) is 22.4 Å². The zero-order chi connectivity index (χ0) is 21.4. The lowest BCUT2D eigenvalue weighted by molar-refractivity contribution is 0.102. The number of benzene rings is 1. The fourth-order valence-corrected chi connectivity index (χ4v) is 4.54. The Balaban J connectivity index is 1.78. The van der Waals surface area contributed by atoms with Crippen LogP contribution in [0.2, 0.25) is 0 Å². The van der Waals surface area contributed by atoms with Crippen LogP contribution in [0.5, 0.6) is 5.75 Å².